The number of halogens is 1. The summed E-state index contributed by atoms with van der Waals surface area (Å²) in [5, 5.41) is 0. The average molecular weight is 460 g/mol. The van der Waals surface area contributed by atoms with Crippen molar-refractivity contribution >= 4 is 5.95 Å². The number of imidazole rings is 1. The first-order valence-corrected chi connectivity index (χ1v) is 11.2. The van der Waals surface area contributed by atoms with Crippen LogP contribution < -0.4 is 10.5 Å². The Morgan fingerprint density at radius 1 is 1.03 bits per heavy atom. The Morgan fingerprint density at radius 3 is 2.50 bits per heavy atom. The fraction of sp³-hybridized carbons (Fsp3) is 0.280. The monoisotopic (exact) mass is 459 g/mol. The quantitative estimate of drug-likeness (QED) is 0.466. The van der Waals surface area contributed by atoms with E-state index in [1.807, 2.05) is 24.7 Å². The number of ether oxygens (including phenoxy) is 1. The third-order valence-corrected chi connectivity index (χ3v) is 6.19. The van der Waals surface area contributed by atoms with Crippen LogP contribution in [0.1, 0.15) is 24.4 Å². The van der Waals surface area contributed by atoms with Crippen LogP contribution in [0.4, 0.5) is 10.3 Å². The zero-order valence-corrected chi connectivity index (χ0v) is 18.9. The van der Waals surface area contributed by atoms with Crippen LogP contribution in [0.3, 0.4) is 0 Å². The molecule has 8 nitrogen and oxygen atoms in total. The maximum absolute atomic E-state index is 13.5. The fourth-order valence-corrected chi connectivity index (χ4v) is 4.46. The van der Waals surface area contributed by atoms with Crippen LogP contribution in [0.25, 0.3) is 22.6 Å². The minimum absolute atomic E-state index is 0.207. The van der Waals surface area contributed by atoms with E-state index in [0.29, 0.717) is 11.6 Å². The smallest absolute Gasteiger partial charge is 0.220 e. The number of likely N-dealkylation sites (tertiary alicyclic amines) is 1. The summed E-state index contributed by atoms with van der Waals surface area (Å²) in [5.41, 5.74) is 10.2. The molecular formula is C25H26FN7O. The normalized spacial score (nSPS) is 14.9. The van der Waals surface area contributed by atoms with Gasteiger partial charge in [0.05, 0.1) is 30.5 Å². The number of anilines is 1. The van der Waals surface area contributed by atoms with Crippen molar-refractivity contribution in [2.45, 2.75) is 25.4 Å². The molecule has 0 saturated carbocycles. The van der Waals surface area contributed by atoms with E-state index in [2.05, 4.69) is 30.5 Å². The Bertz CT molecular complexity index is 1250. The summed E-state index contributed by atoms with van der Waals surface area (Å²) in [4.78, 5) is 19.9. The molecule has 0 radical (unpaired) electrons. The van der Waals surface area contributed by atoms with Gasteiger partial charge in [0.2, 0.25) is 11.8 Å². The molecule has 0 atom stereocenters. The van der Waals surface area contributed by atoms with Crippen LogP contribution in [-0.2, 0) is 6.54 Å². The number of methoxy groups -OCH3 is 1. The van der Waals surface area contributed by atoms with Gasteiger partial charge in [0.15, 0.2) is 0 Å². The highest BCUT2D eigenvalue weighted by Crippen LogP contribution is 2.35. The lowest BCUT2D eigenvalue weighted by atomic mass is 10.0. The Labute approximate surface area is 197 Å². The largest absolute Gasteiger partial charge is 0.481 e. The summed E-state index contributed by atoms with van der Waals surface area (Å²) >= 11 is 0. The fourth-order valence-electron chi connectivity index (χ4n) is 4.46. The zero-order valence-electron chi connectivity index (χ0n) is 18.9. The highest BCUT2D eigenvalue weighted by Gasteiger charge is 2.26. The standard InChI is InChI=1S/C25H26FN7O/c1-34-22-7-2-17(14-29-22)15-32-12-9-20(10-13-32)33-16-30-23(18-3-5-19(26)6-4-18)24(33)21-8-11-28-25(27)31-21/h2-8,11,14,16,20H,9-10,12-13,15H2,1H3,(H2,27,28,31). The number of hydrogen-bond acceptors (Lipinski definition) is 7. The number of rotatable bonds is 6. The third-order valence-electron chi connectivity index (χ3n) is 6.19. The topological polar surface area (TPSA) is 95.0 Å². The second kappa shape index (κ2) is 9.56. The molecule has 1 aliphatic heterocycles. The van der Waals surface area contributed by atoms with Crippen molar-refractivity contribution in [2.75, 3.05) is 25.9 Å². The lowest BCUT2D eigenvalue weighted by molar-refractivity contribution is 0.180. The minimum Gasteiger partial charge on any atom is -0.481 e. The highest BCUT2D eigenvalue weighted by atomic mass is 19.1. The van der Waals surface area contributed by atoms with Gasteiger partial charge in [-0.05, 0) is 48.7 Å². The molecule has 0 unspecified atom stereocenters. The summed E-state index contributed by atoms with van der Waals surface area (Å²) in [6.07, 6.45) is 7.31. The van der Waals surface area contributed by atoms with Crippen molar-refractivity contribution in [1.29, 1.82) is 0 Å². The van der Waals surface area contributed by atoms with Gasteiger partial charge in [-0.25, -0.2) is 24.3 Å². The van der Waals surface area contributed by atoms with E-state index in [4.69, 9.17) is 15.5 Å². The van der Waals surface area contributed by atoms with Gasteiger partial charge >= 0.3 is 0 Å². The van der Waals surface area contributed by atoms with Crippen LogP contribution >= 0.6 is 0 Å². The molecule has 1 saturated heterocycles. The Balaban J connectivity index is 1.39. The first-order valence-electron chi connectivity index (χ1n) is 11.2. The number of nitrogen functional groups attached to an aromatic ring is 1. The SMILES string of the molecule is COc1ccc(CN2CCC(n3cnc(-c4ccc(F)cc4)c3-c3ccnc(N)n3)CC2)cn1. The average Bonchev–Trinajstić information content (AvgIpc) is 3.31. The zero-order chi connectivity index (χ0) is 23.5. The Morgan fingerprint density at radius 2 is 1.82 bits per heavy atom. The van der Waals surface area contributed by atoms with E-state index < -0.39 is 0 Å². The molecule has 4 heterocycles. The number of benzene rings is 1. The molecule has 2 N–H and O–H groups in total. The van der Waals surface area contributed by atoms with Crippen LogP contribution in [0.5, 0.6) is 5.88 Å². The molecule has 1 aromatic carbocycles. The molecule has 3 aromatic heterocycles. The van der Waals surface area contributed by atoms with Crippen molar-refractivity contribution < 1.29 is 9.13 Å². The van der Waals surface area contributed by atoms with Crippen LogP contribution in [0.2, 0.25) is 0 Å². The van der Waals surface area contributed by atoms with Crippen LogP contribution in [0.15, 0.2) is 61.2 Å². The number of nitrogens with two attached hydrogens (primary N) is 1. The molecule has 34 heavy (non-hydrogen) atoms. The summed E-state index contributed by atoms with van der Waals surface area (Å²) in [5.74, 6) is 0.547. The van der Waals surface area contributed by atoms with Gasteiger partial charge in [0, 0.05) is 49.7 Å². The van der Waals surface area contributed by atoms with Gasteiger partial charge in [-0.1, -0.05) is 6.07 Å². The number of hydrogen-bond donors (Lipinski definition) is 1. The summed E-state index contributed by atoms with van der Waals surface area (Å²) < 4.78 is 20.9. The maximum atomic E-state index is 13.5. The number of pyridine rings is 1. The minimum atomic E-state index is -0.282. The summed E-state index contributed by atoms with van der Waals surface area (Å²) in [6.45, 7) is 2.75. The summed E-state index contributed by atoms with van der Waals surface area (Å²) in [6, 6.07) is 12.4. The van der Waals surface area contributed by atoms with Crippen LogP contribution in [0, 0.1) is 5.82 Å². The second-order valence-electron chi connectivity index (χ2n) is 8.37. The molecule has 1 fully saturated rings. The van der Waals surface area contributed by atoms with Crippen molar-refractivity contribution in [2.24, 2.45) is 0 Å². The van der Waals surface area contributed by atoms with E-state index in [9.17, 15) is 4.39 Å². The molecule has 9 heteroatoms. The highest BCUT2D eigenvalue weighted by molar-refractivity contribution is 5.77. The van der Waals surface area contributed by atoms with Crippen molar-refractivity contribution in [1.82, 2.24) is 29.4 Å². The molecule has 0 amide bonds. The van der Waals surface area contributed by atoms with E-state index in [0.717, 1.165) is 55.0 Å². The second-order valence-corrected chi connectivity index (χ2v) is 8.37. The van der Waals surface area contributed by atoms with Gasteiger partial charge in [-0.15, -0.1) is 0 Å². The Kier molecular flexibility index (Phi) is 6.18. The number of aromatic nitrogens is 5. The lowest BCUT2D eigenvalue weighted by Gasteiger charge is -2.33. The molecular weight excluding hydrogens is 433 g/mol. The maximum Gasteiger partial charge on any atom is 0.220 e. The predicted molar refractivity (Wildman–Crippen MR) is 127 cm³/mol. The van der Waals surface area contributed by atoms with Gasteiger partial charge in [0.1, 0.15) is 5.82 Å². The Hall–Kier alpha value is -3.85. The molecule has 0 bridgehead atoms. The van der Waals surface area contributed by atoms with Gasteiger partial charge in [0.25, 0.3) is 0 Å². The molecule has 5 rings (SSSR count). The van der Waals surface area contributed by atoms with E-state index in [1.54, 1.807) is 25.4 Å². The molecule has 174 valence electrons. The molecule has 0 spiro atoms. The first kappa shape index (κ1) is 22.0. The summed E-state index contributed by atoms with van der Waals surface area (Å²) in [7, 11) is 1.62. The lowest BCUT2D eigenvalue weighted by Crippen LogP contribution is -2.34. The molecule has 4 aromatic rings. The van der Waals surface area contributed by atoms with Gasteiger partial charge < -0.3 is 15.0 Å². The van der Waals surface area contributed by atoms with E-state index in [-0.39, 0.29) is 17.8 Å². The molecule has 0 aliphatic carbocycles. The third kappa shape index (κ3) is 4.60. The van der Waals surface area contributed by atoms with Crippen molar-refractivity contribution in [3.05, 3.63) is 72.6 Å². The van der Waals surface area contributed by atoms with Gasteiger partial charge in [-0.2, -0.15) is 0 Å². The predicted octanol–water partition coefficient (Wildman–Crippen LogP) is 3.97. The van der Waals surface area contributed by atoms with E-state index in [1.165, 1.54) is 12.1 Å². The van der Waals surface area contributed by atoms with Crippen LogP contribution in [-0.4, -0.2) is 49.6 Å². The number of nitrogens with zero attached hydrogens (tertiary/aromatic N) is 6. The van der Waals surface area contributed by atoms with Crippen molar-refractivity contribution in [3.8, 4) is 28.5 Å². The van der Waals surface area contributed by atoms with Crippen molar-refractivity contribution in [3.63, 3.8) is 0 Å². The first-order chi connectivity index (χ1) is 16.6. The van der Waals surface area contributed by atoms with E-state index >= 15 is 0 Å². The molecule has 1 aliphatic rings. The number of piperidine rings is 1. The van der Waals surface area contributed by atoms with Gasteiger partial charge in [-0.3, -0.25) is 4.90 Å².